The summed E-state index contributed by atoms with van der Waals surface area (Å²) in [7, 11) is -4.60. The summed E-state index contributed by atoms with van der Waals surface area (Å²) in [5.41, 5.74) is -0.231. The summed E-state index contributed by atoms with van der Waals surface area (Å²) in [6, 6.07) is 5.35. The van der Waals surface area contributed by atoms with E-state index in [9.17, 15) is 13.2 Å². The molecule has 3 N–H and O–H groups in total. The zero-order valence-corrected chi connectivity index (χ0v) is 7.65. The molecule has 0 fully saturated rings. The van der Waals surface area contributed by atoms with Crippen molar-refractivity contribution in [1.82, 2.24) is 4.72 Å². The molecule has 0 saturated carbocycles. The number of nitrogens with one attached hydrogen (secondary N) is 1. The first-order valence-electron chi connectivity index (χ1n) is 3.48. The first-order chi connectivity index (χ1) is 6.40. The smallest absolute Gasteiger partial charge is 0.359 e. The molecular formula is C7H7NO5S. The lowest BCUT2D eigenvalue weighted by molar-refractivity contribution is 0.0976. The third-order valence-corrected chi connectivity index (χ3v) is 1.81. The lowest BCUT2D eigenvalue weighted by Gasteiger charge is -2.02. The van der Waals surface area contributed by atoms with Gasteiger partial charge in [0.15, 0.2) is 0 Å². The van der Waals surface area contributed by atoms with Gasteiger partial charge in [0, 0.05) is 0 Å². The van der Waals surface area contributed by atoms with Gasteiger partial charge in [-0.15, -0.1) is 0 Å². The van der Waals surface area contributed by atoms with E-state index in [0.717, 1.165) is 0 Å². The Morgan fingerprint density at radius 1 is 1.29 bits per heavy atom. The summed E-state index contributed by atoms with van der Waals surface area (Å²) in [5.74, 6) is -1.46. The summed E-state index contributed by atoms with van der Waals surface area (Å²) in [6.45, 7) is 0. The van der Waals surface area contributed by atoms with Crippen LogP contribution in [0.2, 0.25) is 0 Å². The molecule has 0 spiro atoms. The highest BCUT2D eigenvalue weighted by Crippen LogP contribution is 2.14. The third kappa shape index (κ3) is 2.71. The minimum atomic E-state index is -4.60. The maximum absolute atomic E-state index is 11.1. The number of carbonyl (C=O) groups excluding carboxylic acids is 1. The van der Waals surface area contributed by atoms with Gasteiger partial charge < -0.3 is 5.11 Å². The Morgan fingerprint density at radius 2 is 1.86 bits per heavy atom. The minimum absolute atomic E-state index is 0.231. The van der Waals surface area contributed by atoms with Gasteiger partial charge in [-0.25, -0.2) is 4.72 Å². The molecule has 0 radical (unpaired) electrons. The summed E-state index contributed by atoms with van der Waals surface area (Å²) < 4.78 is 30.1. The molecule has 1 aromatic carbocycles. The van der Waals surface area contributed by atoms with Crippen molar-refractivity contribution in [3.8, 4) is 5.75 Å². The van der Waals surface area contributed by atoms with Gasteiger partial charge >= 0.3 is 10.3 Å². The molecule has 0 heterocycles. The van der Waals surface area contributed by atoms with Gasteiger partial charge in [0.2, 0.25) is 0 Å². The molecule has 0 unspecified atom stereocenters. The molecule has 1 rings (SSSR count). The molecule has 1 aromatic rings. The molecule has 7 heteroatoms. The van der Waals surface area contributed by atoms with Crippen molar-refractivity contribution in [3.63, 3.8) is 0 Å². The fourth-order valence-corrected chi connectivity index (χ4v) is 1.18. The van der Waals surface area contributed by atoms with Gasteiger partial charge in [-0.05, 0) is 12.1 Å². The normalized spacial score (nSPS) is 10.9. The Hall–Kier alpha value is -1.60. The highest BCUT2D eigenvalue weighted by molar-refractivity contribution is 7.84. The Labute approximate surface area is 80.1 Å². The van der Waals surface area contributed by atoms with Gasteiger partial charge in [0.1, 0.15) is 5.75 Å². The molecular weight excluding hydrogens is 210 g/mol. The number of hydrogen-bond acceptors (Lipinski definition) is 4. The van der Waals surface area contributed by atoms with Crippen molar-refractivity contribution < 1.29 is 22.9 Å². The topological polar surface area (TPSA) is 104 Å². The maximum Gasteiger partial charge on any atom is 0.359 e. The van der Waals surface area contributed by atoms with E-state index in [-0.39, 0.29) is 11.3 Å². The number of aromatic hydroxyl groups is 1. The average Bonchev–Trinajstić information content (AvgIpc) is 2.01. The van der Waals surface area contributed by atoms with E-state index >= 15 is 0 Å². The SMILES string of the molecule is O=C(NS(=O)(=O)O)c1ccccc1O. The van der Waals surface area contributed by atoms with Crippen molar-refractivity contribution in [3.05, 3.63) is 29.8 Å². The zero-order valence-electron chi connectivity index (χ0n) is 6.84. The molecule has 0 saturated heterocycles. The van der Waals surface area contributed by atoms with Crippen LogP contribution in [-0.2, 0) is 10.3 Å². The Morgan fingerprint density at radius 3 is 2.36 bits per heavy atom. The molecule has 14 heavy (non-hydrogen) atoms. The summed E-state index contributed by atoms with van der Waals surface area (Å²) in [6.07, 6.45) is 0. The second-order valence-corrected chi connectivity index (χ2v) is 3.58. The fourth-order valence-electron chi connectivity index (χ4n) is 0.838. The van der Waals surface area contributed by atoms with Crippen LogP contribution in [0.4, 0.5) is 0 Å². The Balaban J connectivity index is 2.97. The van der Waals surface area contributed by atoms with Crippen molar-refractivity contribution in [1.29, 1.82) is 0 Å². The van der Waals surface area contributed by atoms with Gasteiger partial charge in [-0.1, -0.05) is 12.1 Å². The van der Waals surface area contributed by atoms with E-state index in [0.29, 0.717) is 0 Å². The van der Waals surface area contributed by atoms with Crippen LogP contribution in [-0.4, -0.2) is 24.0 Å². The van der Waals surface area contributed by atoms with E-state index < -0.39 is 16.2 Å². The van der Waals surface area contributed by atoms with E-state index in [2.05, 4.69) is 0 Å². The highest BCUT2D eigenvalue weighted by atomic mass is 32.2. The number of rotatable bonds is 2. The summed E-state index contributed by atoms with van der Waals surface area (Å²) in [4.78, 5) is 11.1. The van der Waals surface area contributed by atoms with Crippen molar-refractivity contribution in [2.45, 2.75) is 0 Å². The van der Waals surface area contributed by atoms with Gasteiger partial charge in [-0.3, -0.25) is 9.35 Å². The predicted octanol–water partition coefficient (Wildman–Crippen LogP) is -0.0752. The van der Waals surface area contributed by atoms with E-state index in [1.165, 1.54) is 29.0 Å². The van der Waals surface area contributed by atoms with Crippen molar-refractivity contribution in [2.75, 3.05) is 0 Å². The van der Waals surface area contributed by atoms with Crippen LogP contribution in [0, 0.1) is 0 Å². The first kappa shape index (κ1) is 10.5. The number of hydrogen-bond donors (Lipinski definition) is 3. The zero-order chi connectivity index (χ0) is 10.8. The Kier molecular flexibility index (Phi) is 2.73. The largest absolute Gasteiger partial charge is 0.507 e. The van der Waals surface area contributed by atoms with Gasteiger partial charge in [-0.2, -0.15) is 8.42 Å². The molecule has 0 bridgehead atoms. The lowest BCUT2D eigenvalue weighted by Crippen LogP contribution is -2.29. The average molecular weight is 217 g/mol. The molecule has 0 aromatic heterocycles. The quantitative estimate of drug-likeness (QED) is 0.601. The molecule has 0 aliphatic rings. The van der Waals surface area contributed by atoms with E-state index in [4.69, 9.17) is 9.66 Å². The summed E-state index contributed by atoms with van der Waals surface area (Å²) in [5, 5.41) is 9.14. The lowest BCUT2D eigenvalue weighted by atomic mass is 10.2. The van der Waals surface area contributed by atoms with E-state index in [1.807, 2.05) is 0 Å². The number of carbonyl (C=O) groups is 1. The third-order valence-electron chi connectivity index (χ3n) is 1.37. The second-order valence-electron chi connectivity index (χ2n) is 2.42. The van der Waals surface area contributed by atoms with Crippen molar-refractivity contribution >= 4 is 16.2 Å². The van der Waals surface area contributed by atoms with Crippen LogP contribution in [0.1, 0.15) is 10.4 Å². The molecule has 0 atom stereocenters. The molecule has 0 aliphatic heterocycles. The van der Waals surface area contributed by atoms with Crippen LogP contribution in [0.5, 0.6) is 5.75 Å². The van der Waals surface area contributed by atoms with Crippen LogP contribution in [0.3, 0.4) is 0 Å². The molecule has 6 nitrogen and oxygen atoms in total. The highest BCUT2D eigenvalue weighted by Gasteiger charge is 2.15. The molecule has 0 aliphatic carbocycles. The number of phenols is 1. The van der Waals surface area contributed by atoms with Gasteiger partial charge in [0.25, 0.3) is 5.91 Å². The summed E-state index contributed by atoms with van der Waals surface area (Å²) >= 11 is 0. The standard InChI is InChI=1S/C7H7NO5S/c9-6-4-2-1-3-5(6)7(10)8-14(11,12)13/h1-4,9H,(H,8,10)(H,11,12,13). The Bertz CT molecular complexity index is 453. The second kappa shape index (κ2) is 3.64. The van der Waals surface area contributed by atoms with Crippen LogP contribution < -0.4 is 4.72 Å². The predicted molar refractivity (Wildman–Crippen MR) is 47.1 cm³/mol. The molecule has 76 valence electrons. The number of para-hydroxylation sites is 1. The van der Waals surface area contributed by atoms with Crippen LogP contribution in [0.25, 0.3) is 0 Å². The van der Waals surface area contributed by atoms with Crippen molar-refractivity contribution in [2.24, 2.45) is 0 Å². The van der Waals surface area contributed by atoms with Crippen LogP contribution >= 0.6 is 0 Å². The van der Waals surface area contributed by atoms with Crippen LogP contribution in [0.15, 0.2) is 24.3 Å². The van der Waals surface area contributed by atoms with E-state index in [1.54, 1.807) is 0 Å². The monoisotopic (exact) mass is 217 g/mol. The number of phenolic OH excluding ortho intramolecular Hbond substituents is 1. The minimum Gasteiger partial charge on any atom is -0.507 e. The number of benzene rings is 1. The van der Waals surface area contributed by atoms with Gasteiger partial charge in [0.05, 0.1) is 5.56 Å². The molecule has 1 amide bonds. The first-order valence-corrected chi connectivity index (χ1v) is 4.92. The fraction of sp³-hybridized carbons (Fsp3) is 0. The number of amides is 1. The maximum atomic E-state index is 11.1.